The van der Waals surface area contributed by atoms with E-state index in [4.69, 9.17) is 11.6 Å². The molecular formula is C27H43ClN2O4. The van der Waals surface area contributed by atoms with E-state index in [0.29, 0.717) is 24.9 Å². The lowest BCUT2D eigenvalue weighted by molar-refractivity contribution is -0.142. The van der Waals surface area contributed by atoms with Gasteiger partial charge in [0, 0.05) is 24.5 Å². The summed E-state index contributed by atoms with van der Waals surface area (Å²) in [5.74, 6) is 0.438. The van der Waals surface area contributed by atoms with Crippen LogP contribution in [0.15, 0.2) is 46.7 Å². The Morgan fingerprint density at radius 1 is 1.24 bits per heavy atom. The Balaban J connectivity index is 0.00000289. The van der Waals surface area contributed by atoms with Crippen LogP contribution in [-0.4, -0.2) is 46.4 Å². The highest BCUT2D eigenvalue weighted by Crippen LogP contribution is 2.43. The summed E-state index contributed by atoms with van der Waals surface area (Å²) >= 11 is 6.10. The van der Waals surface area contributed by atoms with Gasteiger partial charge in [-0.05, 0) is 54.6 Å². The van der Waals surface area contributed by atoms with E-state index in [9.17, 15) is 14.7 Å². The second-order valence-corrected chi connectivity index (χ2v) is 11.0. The van der Waals surface area contributed by atoms with E-state index >= 15 is 0 Å². The predicted molar refractivity (Wildman–Crippen MR) is 139 cm³/mol. The Bertz CT molecular complexity index is 872. The van der Waals surface area contributed by atoms with Crippen molar-refractivity contribution in [2.24, 2.45) is 29.1 Å². The standard InChI is InChI=1S/C26H37ClN2O3.CH4.H2O/c1-16(2)23(28-24(31)19-7-6-17(3)22(30)14-19)25(32)29-13-12-21(26(4,5)15-29)18-8-10-20(27)11-9-18;;/h6-8,10-11,16,18-19,21,23,30H,9,12-15H2,1-5H3,(H,28,31);1H4;1H2/t18?,19?,21-,23-;;/m1../s1. The van der Waals surface area contributed by atoms with Gasteiger partial charge in [0.1, 0.15) is 6.04 Å². The number of piperidine rings is 1. The maximum absolute atomic E-state index is 13.5. The van der Waals surface area contributed by atoms with Crippen molar-refractivity contribution in [3.05, 3.63) is 46.7 Å². The molecule has 7 heteroatoms. The average molecular weight is 495 g/mol. The second-order valence-electron chi connectivity index (χ2n) is 10.5. The van der Waals surface area contributed by atoms with Crippen molar-refractivity contribution >= 4 is 23.4 Å². The van der Waals surface area contributed by atoms with Crippen LogP contribution in [0.4, 0.5) is 0 Å². The van der Waals surface area contributed by atoms with Gasteiger partial charge in [0.15, 0.2) is 0 Å². The Hall–Kier alpha value is -2.05. The van der Waals surface area contributed by atoms with Gasteiger partial charge in [0.05, 0.1) is 11.7 Å². The first-order valence-electron chi connectivity index (χ1n) is 11.7. The van der Waals surface area contributed by atoms with Gasteiger partial charge in [-0.15, -0.1) is 0 Å². The first kappa shape index (κ1) is 30.0. The van der Waals surface area contributed by atoms with Crippen LogP contribution in [0.3, 0.4) is 0 Å². The molecule has 2 unspecified atom stereocenters. The number of hydrogen-bond acceptors (Lipinski definition) is 3. The highest BCUT2D eigenvalue weighted by Gasteiger charge is 2.42. The van der Waals surface area contributed by atoms with Gasteiger partial charge in [-0.3, -0.25) is 9.59 Å². The lowest BCUT2D eigenvalue weighted by Gasteiger charge is -2.48. The van der Waals surface area contributed by atoms with Crippen LogP contribution in [0.5, 0.6) is 0 Å². The molecule has 0 aromatic carbocycles. The quantitative estimate of drug-likeness (QED) is 0.567. The molecule has 0 spiro atoms. The van der Waals surface area contributed by atoms with Crippen LogP contribution in [0.2, 0.25) is 0 Å². The monoisotopic (exact) mass is 494 g/mol. The molecule has 0 aromatic heterocycles. The molecule has 0 saturated carbocycles. The zero-order chi connectivity index (χ0) is 23.6. The largest absolute Gasteiger partial charge is 0.512 e. The first-order chi connectivity index (χ1) is 15.0. The molecule has 192 valence electrons. The highest BCUT2D eigenvalue weighted by molar-refractivity contribution is 6.31. The molecule has 0 aromatic rings. The van der Waals surface area contributed by atoms with Gasteiger partial charge < -0.3 is 20.8 Å². The van der Waals surface area contributed by atoms with Crippen molar-refractivity contribution in [1.82, 2.24) is 10.2 Å². The molecule has 4 atom stereocenters. The Morgan fingerprint density at radius 2 is 1.91 bits per heavy atom. The fourth-order valence-electron chi connectivity index (χ4n) is 5.21. The normalized spacial score (nSPS) is 26.9. The molecule has 3 rings (SSSR count). The lowest BCUT2D eigenvalue weighted by Crippen LogP contribution is -2.57. The summed E-state index contributed by atoms with van der Waals surface area (Å²) in [6, 6.07) is -0.575. The maximum atomic E-state index is 13.5. The predicted octanol–water partition coefficient (Wildman–Crippen LogP) is 4.92. The third kappa shape index (κ3) is 6.76. The third-order valence-corrected chi connectivity index (χ3v) is 7.52. The molecule has 3 aliphatic rings. The van der Waals surface area contributed by atoms with Crippen LogP contribution in [-0.2, 0) is 9.59 Å². The number of hydrogen-bond donors (Lipinski definition) is 2. The van der Waals surface area contributed by atoms with Gasteiger partial charge in [0.25, 0.3) is 0 Å². The molecule has 1 fully saturated rings. The second kappa shape index (κ2) is 12.1. The van der Waals surface area contributed by atoms with Crippen molar-refractivity contribution in [2.45, 2.75) is 67.3 Å². The number of aliphatic hydroxyl groups excluding tert-OH is 1. The summed E-state index contributed by atoms with van der Waals surface area (Å²) in [6.07, 6.45) is 12.0. The molecule has 4 N–H and O–H groups in total. The number of allylic oxidation sites excluding steroid dienone is 7. The number of nitrogens with one attached hydrogen (secondary N) is 1. The average Bonchev–Trinajstić information content (AvgIpc) is 2.73. The number of halogens is 1. The van der Waals surface area contributed by atoms with Crippen LogP contribution in [0, 0.1) is 29.1 Å². The van der Waals surface area contributed by atoms with E-state index in [1.165, 1.54) is 0 Å². The van der Waals surface area contributed by atoms with E-state index in [-0.39, 0.29) is 48.2 Å². The summed E-state index contributed by atoms with van der Waals surface area (Å²) in [6.45, 7) is 11.6. The van der Waals surface area contributed by atoms with Gasteiger partial charge in [-0.1, -0.05) is 71.0 Å². The van der Waals surface area contributed by atoms with Gasteiger partial charge in [-0.25, -0.2) is 0 Å². The summed E-state index contributed by atoms with van der Waals surface area (Å²) in [5.41, 5.74) is 0.744. The minimum Gasteiger partial charge on any atom is -0.512 e. The molecule has 1 saturated heterocycles. The number of carbonyl (C=O) groups is 2. The summed E-state index contributed by atoms with van der Waals surface area (Å²) < 4.78 is 0. The minimum atomic E-state index is -0.575. The fourth-order valence-corrected chi connectivity index (χ4v) is 5.37. The van der Waals surface area contributed by atoms with E-state index in [0.717, 1.165) is 23.4 Å². The number of carbonyl (C=O) groups excluding carboxylic acids is 2. The number of amides is 2. The highest BCUT2D eigenvalue weighted by atomic mass is 35.5. The molecule has 0 bridgehead atoms. The molecule has 1 heterocycles. The van der Waals surface area contributed by atoms with Crippen molar-refractivity contribution < 1.29 is 20.2 Å². The van der Waals surface area contributed by atoms with E-state index in [2.05, 4.69) is 31.3 Å². The molecule has 1 aliphatic heterocycles. The van der Waals surface area contributed by atoms with Crippen molar-refractivity contribution in [2.75, 3.05) is 13.1 Å². The van der Waals surface area contributed by atoms with E-state index in [1.54, 1.807) is 12.2 Å². The summed E-state index contributed by atoms with van der Waals surface area (Å²) in [7, 11) is 0. The number of likely N-dealkylation sites (tertiary alicyclic amines) is 1. The fraction of sp³-hybridized carbons (Fsp3) is 0.630. The Kier molecular flexibility index (Phi) is 10.6. The van der Waals surface area contributed by atoms with Crippen LogP contribution in [0.25, 0.3) is 0 Å². The smallest absolute Gasteiger partial charge is 0.245 e. The topological polar surface area (TPSA) is 101 Å². The lowest BCUT2D eigenvalue weighted by atomic mass is 9.66. The van der Waals surface area contributed by atoms with Crippen molar-refractivity contribution in [3.8, 4) is 0 Å². The zero-order valence-electron chi connectivity index (χ0n) is 20.4. The number of nitrogens with zero attached hydrogens (tertiary/aromatic N) is 1. The number of rotatable bonds is 5. The minimum absolute atomic E-state index is 0. The van der Waals surface area contributed by atoms with E-state index < -0.39 is 12.0 Å². The van der Waals surface area contributed by atoms with Crippen molar-refractivity contribution in [1.29, 1.82) is 0 Å². The summed E-state index contributed by atoms with van der Waals surface area (Å²) in [5, 5.41) is 13.8. The molecule has 6 nitrogen and oxygen atoms in total. The number of aliphatic hydroxyl groups is 1. The van der Waals surface area contributed by atoms with Gasteiger partial charge in [-0.2, -0.15) is 0 Å². The summed E-state index contributed by atoms with van der Waals surface area (Å²) in [4.78, 5) is 28.3. The SMILES string of the molecule is C.CC1=C(O)CC(C(=O)N[C@@H](C(=O)N2CC[C@H](C3C=CC(Cl)=CC3)C(C)(C)C2)C(C)C)C=C1.O. The first-order valence-corrected chi connectivity index (χ1v) is 12.1. The molecule has 2 amide bonds. The molecular weight excluding hydrogens is 452 g/mol. The Morgan fingerprint density at radius 3 is 2.44 bits per heavy atom. The van der Waals surface area contributed by atoms with Crippen molar-refractivity contribution in [3.63, 3.8) is 0 Å². The molecule has 34 heavy (non-hydrogen) atoms. The van der Waals surface area contributed by atoms with E-state index in [1.807, 2.05) is 31.7 Å². The van der Waals surface area contributed by atoms with Crippen LogP contribution >= 0.6 is 11.6 Å². The molecule has 0 radical (unpaired) electrons. The maximum Gasteiger partial charge on any atom is 0.245 e. The van der Waals surface area contributed by atoms with Crippen LogP contribution < -0.4 is 5.32 Å². The third-order valence-electron chi connectivity index (χ3n) is 7.24. The van der Waals surface area contributed by atoms with Gasteiger partial charge in [0.2, 0.25) is 11.8 Å². The zero-order valence-corrected chi connectivity index (χ0v) is 21.2. The van der Waals surface area contributed by atoms with Crippen LogP contribution in [0.1, 0.15) is 61.3 Å². The van der Waals surface area contributed by atoms with Gasteiger partial charge >= 0.3 is 0 Å². The Labute approximate surface area is 210 Å². The molecule has 2 aliphatic carbocycles.